The summed E-state index contributed by atoms with van der Waals surface area (Å²) in [7, 11) is 0. The molecule has 1 fully saturated rings. The number of nitrogens with zero attached hydrogens (tertiary/aromatic N) is 6. The summed E-state index contributed by atoms with van der Waals surface area (Å²) in [6.45, 7) is 0.389. The number of fused-ring (bicyclic) bond motifs is 3. The topological polar surface area (TPSA) is 70.1 Å². The summed E-state index contributed by atoms with van der Waals surface area (Å²) in [5, 5.41) is 8.58. The van der Waals surface area contributed by atoms with E-state index >= 15 is 0 Å². The average molecular weight is 502 g/mol. The minimum atomic E-state index is -4.82. The summed E-state index contributed by atoms with van der Waals surface area (Å²) in [5.41, 5.74) is -3.03. The van der Waals surface area contributed by atoms with E-state index in [0.717, 1.165) is 30.7 Å². The van der Waals surface area contributed by atoms with Gasteiger partial charge in [-0.25, -0.2) is 19.2 Å². The van der Waals surface area contributed by atoms with Crippen LogP contribution in [0.15, 0.2) is 29.6 Å². The van der Waals surface area contributed by atoms with Crippen molar-refractivity contribution in [3.63, 3.8) is 0 Å². The number of hydrogen-bond donors (Lipinski definition) is 0. The second kappa shape index (κ2) is 8.12. The number of ether oxygens (including phenoxy) is 1. The van der Waals surface area contributed by atoms with Crippen LogP contribution in [-0.2, 0) is 17.1 Å². The van der Waals surface area contributed by atoms with Gasteiger partial charge in [0.25, 0.3) is 0 Å². The largest absolute Gasteiger partial charge is 0.433 e. The predicted molar refractivity (Wildman–Crippen MR) is 110 cm³/mol. The van der Waals surface area contributed by atoms with Crippen molar-refractivity contribution in [3.05, 3.63) is 35.7 Å². The van der Waals surface area contributed by atoms with E-state index in [0.29, 0.717) is 23.7 Å². The first-order valence-corrected chi connectivity index (χ1v) is 11.4. The molecule has 5 heterocycles. The number of hydrogen-bond acceptors (Lipinski definition) is 6. The Bertz CT molecular complexity index is 1370. The lowest BCUT2D eigenvalue weighted by molar-refractivity contribution is -0.142. The molecule has 1 aliphatic heterocycles. The third-order valence-electron chi connectivity index (χ3n) is 5.50. The van der Waals surface area contributed by atoms with Gasteiger partial charge in [0.15, 0.2) is 17.0 Å². The number of pyridine rings is 1. The number of rotatable bonds is 3. The summed E-state index contributed by atoms with van der Waals surface area (Å²) >= 11 is 1.03. The Hall–Kier alpha value is -2.87. The number of alkyl halides is 6. The fourth-order valence-corrected chi connectivity index (χ4v) is 4.34. The zero-order valence-electron chi connectivity index (χ0n) is 17.5. The van der Waals surface area contributed by atoms with Crippen molar-refractivity contribution in [3.8, 4) is 11.4 Å². The Balaban J connectivity index is 1.88. The molecule has 0 saturated carbocycles. The Labute approximate surface area is 192 Å². The minimum absolute atomic E-state index is 0.0176. The van der Waals surface area contributed by atoms with Crippen molar-refractivity contribution < 1.29 is 31.1 Å². The van der Waals surface area contributed by atoms with E-state index in [-0.39, 0.29) is 27.4 Å². The second-order valence-corrected chi connectivity index (χ2v) is 8.41. The van der Waals surface area contributed by atoms with Crippen LogP contribution in [0.2, 0.25) is 0 Å². The molecule has 180 valence electrons. The van der Waals surface area contributed by atoms with E-state index in [1.165, 1.54) is 16.8 Å². The number of aromatic nitrogens is 6. The molecule has 0 N–H and O–H groups in total. The highest BCUT2D eigenvalue weighted by Crippen LogP contribution is 2.41. The van der Waals surface area contributed by atoms with Crippen LogP contribution in [0.1, 0.15) is 36.7 Å². The summed E-state index contributed by atoms with van der Waals surface area (Å²) in [5.74, 6) is 0. The molecule has 1 unspecified atom stereocenters. The summed E-state index contributed by atoms with van der Waals surface area (Å²) in [6.07, 6.45) is -5.93. The highest BCUT2D eigenvalue weighted by Gasteiger charge is 2.39. The van der Waals surface area contributed by atoms with Gasteiger partial charge in [-0.05, 0) is 37.7 Å². The van der Waals surface area contributed by atoms with Crippen LogP contribution in [0.4, 0.5) is 26.3 Å². The minimum Gasteiger partial charge on any atom is -0.356 e. The van der Waals surface area contributed by atoms with Gasteiger partial charge in [0, 0.05) is 12.8 Å². The predicted octanol–water partition coefficient (Wildman–Crippen LogP) is 5.60. The third kappa shape index (κ3) is 3.78. The Morgan fingerprint density at radius 1 is 1.03 bits per heavy atom. The maximum absolute atomic E-state index is 13.9. The maximum Gasteiger partial charge on any atom is 0.433 e. The third-order valence-corrected chi connectivity index (χ3v) is 6.06. The maximum atomic E-state index is 13.9. The molecule has 14 heteroatoms. The van der Waals surface area contributed by atoms with Crippen molar-refractivity contribution in [1.82, 2.24) is 29.4 Å². The lowest BCUT2D eigenvalue weighted by Gasteiger charge is -2.22. The zero-order chi connectivity index (χ0) is 24.3. The molecule has 0 aliphatic carbocycles. The fourth-order valence-electron chi connectivity index (χ4n) is 4.00. The van der Waals surface area contributed by atoms with E-state index in [1.807, 2.05) is 0 Å². The quantitative estimate of drug-likeness (QED) is 0.206. The van der Waals surface area contributed by atoms with Gasteiger partial charge in [0.1, 0.15) is 22.6 Å². The summed E-state index contributed by atoms with van der Waals surface area (Å²) in [6, 6.07) is 3.38. The molecule has 1 saturated heterocycles. The molecular weight excluding hydrogens is 486 g/mol. The van der Waals surface area contributed by atoms with Crippen LogP contribution in [0.5, 0.6) is 0 Å². The first kappa shape index (κ1) is 22.9. The van der Waals surface area contributed by atoms with Gasteiger partial charge in [-0.2, -0.15) is 31.4 Å². The highest BCUT2D eigenvalue weighted by atomic mass is 32.2. The molecule has 0 bridgehead atoms. The van der Waals surface area contributed by atoms with E-state index < -0.39 is 35.5 Å². The first-order valence-electron chi connectivity index (χ1n) is 10.2. The Morgan fingerprint density at radius 3 is 2.47 bits per heavy atom. The van der Waals surface area contributed by atoms with Crippen LogP contribution in [0, 0.1) is 0 Å². The van der Waals surface area contributed by atoms with E-state index in [9.17, 15) is 26.3 Å². The molecule has 34 heavy (non-hydrogen) atoms. The van der Waals surface area contributed by atoms with Gasteiger partial charge in [0.2, 0.25) is 0 Å². The zero-order valence-corrected chi connectivity index (χ0v) is 18.3. The molecule has 4 aromatic rings. The molecule has 4 aromatic heterocycles. The van der Waals surface area contributed by atoms with Gasteiger partial charge >= 0.3 is 12.4 Å². The van der Waals surface area contributed by atoms with Crippen LogP contribution < -0.4 is 0 Å². The Morgan fingerprint density at radius 2 is 1.82 bits per heavy atom. The van der Waals surface area contributed by atoms with Crippen LogP contribution in [-0.4, -0.2) is 42.2 Å². The lowest BCUT2D eigenvalue weighted by Crippen LogP contribution is -2.20. The van der Waals surface area contributed by atoms with Crippen molar-refractivity contribution >= 4 is 28.3 Å². The van der Waals surface area contributed by atoms with Crippen LogP contribution >= 0.6 is 11.8 Å². The normalized spacial score (nSPS) is 17.7. The second-order valence-electron chi connectivity index (χ2n) is 7.64. The van der Waals surface area contributed by atoms with Crippen molar-refractivity contribution in [2.45, 2.75) is 43.0 Å². The van der Waals surface area contributed by atoms with E-state index in [2.05, 4.69) is 20.2 Å². The van der Waals surface area contributed by atoms with Crippen molar-refractivity contribution in [2.24, 2.45) is 0 Å². The van der Waals surface area contributed by atoms with Gasteiger partial charge in [0.05, 0.1) is 10.9 Å². The van der Waals surface area contributed by atoms with Gasteiger partial charge in [-0.1, -0.05) is 17.8 Å². The van der Waals surface area contributed by atoms with Gasteiger partial charge in [-0.15, -0.1) is 5.10 Å². The molecule has 5 rings (SSSR count). The number of halogens is 6. The SMILES string of the molecule is CSc1ncc(C(F)(F)F)c(-c2nn(C3CCCCO3)c3nn4c(C(F)(F)F)cccc4c23)n1. The molecule has 0 aromatic carbocycles. The molecule has 7 nitrogen and oxygen atoms in total. The van der Waals surface area contributed by atoms with Gasteiger partial charge in [-0.3, -0.25) is 0 Å². The summed E-state index contributed by atoms with van der Waals surface area (Å²) in [4.78, 5) is 7.78. The Kier molecular flexibility index (Phi) is 5.47. The number of thioether (sulfide) groups is 1. The lowest BCUT2D eigenvalue weighted by atomic mass is 10.1. The molecule has 0 spiro atoms. The first-order chi connectivity index (χ1) is 16.1. The monoisotopic (exact) mass is 502 g/mol. The molecule has 1 atom stereocenters. The van der Waals surface area contributed by atoms with Gasteiger partial charge < -0.3 is 4.74 Å². The molecule has 0 amide bonds. The van der Waals surface area contributed by atoms with Crippen LogP contribution in [0.3, 0.4) is 0 Å². The van der Waals surface area contributed by atoms with Crippen molar-refractivity contribution in [2.75, 3.05) is 12.9 Å². The standard InChI is InChI=1S/C20H16F6N6OS/c1-34-18-27-9-10(19(21,22)23)15(28-18)16-14-11-5-4-6-12(20(24,25)26)31(11)30-17(14)32(29-16)13-7-2-3-8-33-13/h4-6,9,13H,2-3,7-8H2,1H3. The van der Waals surface area contributed by atoms with Crippen LogP contribution in [0.25, 0.3) is 27.9 Å². The summed E-state index contributed by atoms with van der Waals surface area (Å²) < 4.78 is 90.3. The average Bonchev–Trinajstić information content (AvgIpc) is 3.35. The molecule has 0 radical (unpaired) electrons. The smallest absolute Gasteiger partial charge is 0.356 e. The fraction of sp³-hybridized carbons (Fsp3) is 0.400. The molecular formula is C20H16F6N6OS. The molecule has 1 aliphatic rings. The van der Waals surface area contributed by atoms with Crippen molar-refractivity contribution in [1.29, 1.82) is 0 Å². The van der Waals surface area contributed by atoms with E-state index in [4.69, 9.17) is 4.74 Å². The highest BCUT2D eigenvalue weighted by molar-refractivity contribution is 7.98. The van der Waals surface area contributed by atoms with E-state index in [1.54, 1.807) is 6.26 Å².